The van der Waals surface area contributed by atoms with E-state index in [2.05, 4.69) is 10.3 Å². The van der Waals surface area contributed by atoms with E-state index < -0.39 is 5.76 Å². The number of nitrogens with zero attached hydrogens (tertiary/aromatic N) is 3. The van der Waals surface area contributed by atoms with E-state index in [1.165, 1.54) is 4.57 Å². The Balaban J connectivity index is 1.69. The normalized spacial score (nSPS) is 12.0. The van der Waals surface area contributed by atoms with Gasteiger partial charge in [-0.2, -0.15) is 0 Å². The summed E-state index contributed by atoms with van der Waals surface area (Å²) in [4.78, 5) is 29.3. The van der Waals surface area contributed by atoms with Gasteiger partial charge in [0.2, 0.25) is 11.9 Å². The van der Waals surface area contributed by atoms with Gasteiger partial charge < -0.3 is 8.98 Å². The number of oxazole rings is 1. The monoisotopic (exact) mass is 364 g/mol. The van der Waals surface area contributed by atoms with Gasteiger partial charge in [0.1, 0.15) is 6.54 Å². The third-order valence-corrected chi connectivity index (χ3v) is 4.36. The van der Waals surface area contributed by atoms with E-state index in [-0.39, 0.29) is 18.0 Å². The van der Waals surface area contributed by atoms with Gasteiger partial charge in [-0.3, -0.25) is 14.7 Å². The van der Waals surface area contributed by atoms with E-state index in [1.807, 2.05) is 49.6 Å². The summed E-state index contributed by atoms with van der Waals surface area (Å²) >= 11 is 0. The molecule has 7 heteroatoms. The van der Waals surface area contributed by atoms with Crippen molar-refractivity contribution in [3.05, 3.63) is 59.1 Å². The Morgan fingerprint density at radius 3 is 2.48 bits per heavy atom. The average molecular weight is 364 g/mol. The number of carbonyl (C=O) groups is 1. The molecule has 4 aromatic rings. The predicted molar refractivity (Wildman–Crippen MR) is 104 cm³/mol. The molecule has 0 fully saturated rings. The van der Waals surface area contributed by atoms with Gasteiger partial charge in [-0.25, -0.2) is 9.78 Å². The van der Waals surface area contributed by atoms with Crippen LogP contribution in [0.4, 0.5) is 5.95 Å². The van der Waals surface area contributed by atoms with E-state index in [9.17, 15) is 9.59 Å². The Bertz CT molecular complexity index is 1210. The Kier molecular flexibility index (Phi) is 3.87. The highest BCUT2D eigenvalue weighted by Crippen LogP contribution is 2.27. The molecule has 0 saturated heterocycles. The largest absolute Gasteiger partial charge is 0.420 e. The second kappa shape index (κ2) is 6.12. The molecule has 0 bridgehead atoms. The molecule has 0 saturated carbocycles. The van der Waals surface area contributed by atoms with Crippen molar-refractivity contribution in [1.29, 1.82) is 0 Å². The second-order valence-corrected chi connectivity index (χ2v) is 7.40. The van der Waals surface area contributed by atoms with Gasteiger partial charge in [0.25, 0.3) is 0 Å². The Hall–Kier alpha value is -3.35. The third-order valence-electron chi connectivity index (χ3n) is 4.36. The van der Waals surface area contributed by atoms with Crippen LogP contribution in [0.3, 0.4) is 0 Å². The van der Waals surface area contributed by atoms with Crippen LogP contribution in [0.1, 0.15) is 20.8 Å². The van der Waals surface area contributed by atoms with Gasteiger partial charge in [0, 0.05) is 5.54 Å². The summed E-state index contributed by atoms with van der Waals surface area (Å²) in [5.74, 6) is -0.449. The topological polar surface area (TPSA) is 82.1 Å². The Morgan fingerprint density at radius 2 is 1.74 bits per heavy atom. The lowest BCUT2D eigenvalue weighted by Gasteiger charge is -2.24. The highest BCUT2D eigenvalue weighted by atomic mass is 16.4. The Morgan fingerprint density at radius 1 is 1.07 bits per heavy atom. The smallest absolute Gasteiger partial charge is 0.408 e. The second-order valence-electron chi connectivity index (χ2n) is 7.40. The van der Waals surface area contributed by atoms with Crippen molar-refractivity contribution in [2.45, 2.75) is 32.9 Å². The summed E-state index contributed by atoms with van der Waals surface area (Å²) in [5.41, 5.74) is 2.50. The molecule has 2 heterocycles. The SMILES string of the molecule is CC(C)(C)n1c(NC(=O)Cn2c(=O)oc3ccccc32)nc2ccccc21. The molecule has 0 spiro atoms. The van der Waals surface area contributed by atoms with Gasteiger partial charge >= 0.3 is 5.76 Å². The average Bonchev–Trinajstić information content (AvgIpc) is 3.12. The molecule has 0 unspecified atom stereocenters. The van der Waals surface area contributed by atoms with Crippen molar-refractivity contribution in [3.63, 3.8) is 0 Å². The van der Waals surface area contributed by atoms with Gasteiger partial charge in [-0.05, 0) is 45.0 Å². The van der Waals surface area contributed by atoms with Crippen LogP contribution in [0.2, 0.25) is 0 Å². The van der Waals surface area contributed by atoms with E-state index >= 15 is 0 Å². The van der Waals surface area contributed by atoms with Gasteiger partial charge in [0.05, 0.1) is 16.6 Å². The highest BCUT2D eigenvalue weighted by molar-refractivity contribution is 5.92. The summed E-state index contributed by atoms with van der Waals surface area (Å²) in [6, 6.07) is 14.7. The van der Waals surface area contributed by atoms with Crippen LogP contribution < -0.4 is 11.1 Å². The number of para-hydroxylation sites is 4. The minimum Gasteiger partial charge on any atom is -0.408 e. The maximum Gasteiger partial charge on any atom is 0.420 e. The fraction of sp³-hybridized carbons (Fsp3) is 0.250. The van der Waals surface area contributed by atoms with E-state index in [0.29, 0.717) is 17.0 Å². The fourth-order valence-corrected chi connectivity index (χ4v) is 3.26. The van der Waals surface area contributed by atoms with E-state index in [1.54, 1.807) is 24.3 Å². The van der Waals surface area contributed by atoms with Gasteiger partial charge in [-0.15, -0.1) is 0 Å². The first kappa shape index (κ1) is 17.1. The van der Waals surface area contributed by atoms with Crippen molar-refractivity contribution < 1.29 is 9.21 Å². The summed E-state index contributed by atoms with van der Waals surface area (Å²) in [6.45, 7) is 5.99. The summed E-state index contributed by atoms with van der Waals surface area (Å²) in [6.07, 6.45) is 0. The van der Waals surface area contributed by atoms with Crippen molar-refractivity contribution in [2.75, 3.05) is 5.32 Å². The minimum absolute atomic E-state index is 0.150. The number of anilines is 1. The fourth-order valence-electron chi connectivity index (χ4n) is 3.26. The minimum atomic E-state index is -0.560. The van der Waals surface area contributed by atoms with Crippen molar-refractivity contribution in [3.8, 4) is 0 Å². The van der Waals surface area contributed by atoms with Crippen LogP contribution >= 0.6 is 0 Å². The van der Waals surface area contributed by atoms with Crippen LogP contribution in [0.15, 0.2) is 57.7 Å². The van der Waals surface area contributed by atoms with Crippen LogP contribution in [0.25, 0.3) is 22.1 Å². The third kappa shape index (κ3) is 3.01. The predicted octanol–water partition coefficient (Wildman–Crippen LogP) is 3.34. The van der Waals surface area contributed by atoms with Crippen molar-refractivity contribution in [2.24, 2.45) is 0 Å². The molecule has 0 aliphatic carbocycles. The molecule has 0 radical (unpaired) electrons. The maximum atomic E-state index is 12.7. The molecule has 1 amide bonds. The zero-order valence-corrected chi connectivity index (χ0v) is 15.4. The molecule has 2 aromatic carbocycles. The number of benzene rings is 2. The number of amides is 1. The number of hydrogen-bond donors (Lipinski definition) is 1. The molecule has 4 rings (SSSR count). The first-order chi connectivity index (χ1) is 12.8. The summed E-state index contributed by atoms with van der Waals surface area (Å²) in [7, 11) is 0. The molecular formula is C20H20N4O3. The van der Waals surface area contributed by atoms with Crippen LogP contribution in [0, 0.1) is 0 Å². The first-order valence-corrected chi connectivity index (χ1v) is 8.71. The molecule has 0 aliphatic rings. The molecule has 0 atom stereocenters. The van der Waals surface area contributed by atoms with Crippen molar-refractivity contribution >= 4 is 34.0 Å². The highest BCUT2D eigenvalue weighted by Gasteiger charge is 2.23. The number of aromatic nitrogens is 3. The molecule has 1 N–H and O–H groups in total. The van der Waals surface area contributed by atoms with E-state index in [4.69, 9.17) is 4.42 Å². The number of rotatable bonds is 3. The zero-order chi connectivity index (χ0) is 19.2. The number of imidazole rings is 1. The molecule has 0 aliphatic heterocycles. The maximum absolute atomic E-state index is 12.7. The Labute approximate surface area is 155 Å². The lowest BCUT2D eigenvalue weighted by atomic mass is 10.1. The van der Waals surface area contributed by atoms with E-state index in [0.717, 1.165) is 11.0 Å². The summed E-state index contributed by atoms with van der Waals surface area (Å²) < 4.78 is 8.48. The molecule has 7 nitrogen and oxygen atoms in total. The molecule has 138 valence electrons. The molecular weight excluding hydrogens is 344 g/mol. The molecule has 27 heavy (non-hydrogen) atoms. The zero-order valence-electron chi connectivity index (χ0n) is 15.4. The van der Waals surface area contributed by atoms with Gasteiger partial charge in [-0.1, -0.05) is 24.3 Å². The molecule has 2 aromatic heterocycles. The van der Waals surface area contributed by atoms with Crippen LogP contribution in [0.5, 0.6) is 0 Å². The van der Waals surface area contributed by atoms with Crippen LogP contribution in [-0.2, 0) is 16.9 Å². The quantitative estimate of drug-likeness (QED) is 0.604. The summed E-state index contributed by atoms with van der Waals surface area (Å²) in [5, 5.41) is 2.85. The number of fused-ring (bicyclic) bond motifs is 2. The lowest BCUT2D eigenvalue weighted by Crippen LogP contribution is -2.29. The number of carbonyl (C=O) groups excluding carboxylic acids is 1. The van der Waals surface area contributed by atoms with Crippen molar-refractivity contribution in [1.82, 2.24) is 14.1 Å². The van der Waals surface area contributed by atoms with Crippen LogP contribution in [-0.4, -0.2) is 20.0 Å². The number of nitrogens with one attached hydrogen (secondary N) is 1. The standard InChI is InChI=1S/C20H20N4O3/c1-20(2,3)24-14-9-5-4-8-13(14)21-18(24)22-17(25)12-23-15-10-6-7-11-16(15)27-19(23)26/h4-11H,12H2,1-3H3,(H,21,22,25). The lowest BCUT2D eigenvalue weighted by molar-refractivity contribution is -0.116. The van der Waals surface area contributed by atoms with Gasteiger partial charge in [0.15, 0.2) is 5.58 Å². The first-order valence-electron chi connectivity index (χ1n) is 8.71. The number of hydrogen-bond acceptors (Lipinski definition) is 4.